The first kappa shape index (κ1) is 23.5. The molecule has 3 heteroatoms. The molecule has 144 valence electrons. The monoisotopic (exact) mass is 342 g/mol. The van der Waals surface area contributed by atoms with Crippen molar-refractivity contribution in [3.63, 3.8) is 0 Å². The van der Waals surface area contributed by atoms with E-state index < -0.39 is 6.10 Å². The number of unbranched alkanes of at least 4 members (excludes halogenated alkanes) is 11. The zero-order valence-corrected chi connectivity index (χ0v) is 16.2. The summed E-state index contributed by atoms with van der Waals surface area (Å²) in [5.41, 5.74) is 0. The van der Waals surface area contributed by atoms with Crippen LogP contribution in [-0.2, 0) is 4.74 Å². The highest BCUT2D eigenvalue weighted by Crippen LogP contribution is 2.14. The van der Waals surface area contributed by atoms with Crippen molar-refractivity contribution in [2.45, 2.75) is 103 Å². The van der Waals surface area contributed by atoms with Crippen LogP contribution in [-0.4, -0.2) is 29.5 Å². The van der Waals surface area contributed by atoms with Gasteiger partial charge in [-0.05, 0) is 24.8 Å². The maximum atomic E-state index is 9.08. The van der Waals surface area contributed by atoms with E-state index in [1.165, 1.54) is 77.0 Å². The Morgan fingerprint density at radius 1 is 0.792 bits per heavy atom. The topological polar surface area (TPSA) is 49.7 Å². The SMILES string of the molecule is CC(C)CCCCCCCCCCCCC/C=C\OC[C@@H](O)CO. The Hall–Kier alpha value is -0.540. The molecular formula is C21H42O3. The van der Waals surface area contributed by atoms with Gasteiger partial charge in [0.25, 0.3) is 0 Å². The van der Waals surface area contributed by atoms with Crippen LogP contribution in [0.15, 0.2) is 12.3 Å². The second kappa shape index (κ2) is 18.8. The van der Waals surface area contributed by atoms with Crippen LogP contribution >= 0.6 is 0 Å². The molecule has 0 amide bonds. The number of hydrogen-bond acceptors (Lipinski definition) is 3. The minimum Gasteiger partial charge on any atom is -0.499 e. The molecule has 0 radical (unpaired) electrons. The molecule has 0 aliphatic heterocycles. The number of hydrogen-bond donors (Lipinski definition) is 2. The fraction of sp³-hybridized carbons (Fsp3) is 0.905. The minimum atomic E-state index is -0.769. The van der Waals surface area contributed by atoms with E-state index in [2.05, 4.69) is 13.8 Å². The molecule has 0 aromatic rings. The molecule has 0 spiro atoms. The van der Waals surface area contributed by atoms with Gasteiger partial charge in [0.05, 0.1) is 12.9 Å². The lowest BCUT2D eigenvalue weighted by Gasteiger charge is -2.05. The van der Waals surface area contributed by atoms with Crippen LogP contribution in [0.4, 0.5) is 0 Å². The van der Waals surface area contributed by atoms with Gasteiger partial charge in [-0.1, -0.05) is 84.5 Å². The highest BCUT2D eigenvalue weighted by molar-refractivity contribution is 4.73. The summed E-state index contributed by atoms with van der Waals surface area (Å²) < 4.78 is 5.11. The van der Waals surface area contributed by atoms with E-state index in [4.69, 9.17) is 14.9 Å². The van der Waals surface area contributed by atoms with Gasteiger partial charge in [0.15, 0.2) is 0 Å². The molecule has 0 aromatic heterocycles. The maximum absolute atomic E-state index is 9.08. The van der Waals surface area contributed by atoms with Gasteiger partial charge in [0, 0.05) is 0 Å². The van der Waals surface area contributed by atoms with E-state index in [1.807, 2.05) is 6.08 Å². The van der Waals surface area contributed by atoms with Crippen molar-refractivity contribution in [1.82, 2.24) is 0 Å². The van der Waals surface area contributed by atoms with Crippen molar-refractivity contribution < 1.29 is 14.9 Å². The average Bonchev–Trinajstić information content (AvgIpc) is 2.57. The van der Waals surface area contributed by atoms with E-state index in [9.17, 15) is 0 Å². The van der Waals surface area contributed by atoms with Gasteiger partial charge in [0.1, 0.15) is 12.7 Å². The molecule has 0 aliphatic rings. The standard InChI is InChI=1S/C21H42O3/c1-20(2)16-14-12-10-8-6-4-3-5-7-9-11-13-15-17-24-19-21(23)18-22/h15,17,20-23H,3-14,16,18-19H2,1-2H3/b17-15-/t21-/m0/s1. The molecule has 0 heterocycles. The van der Waals surface area contributed by atoms with Crippen LogP contribution in [0.25, 0.3) is 0 Å². The van der Waals surface area contributed by atoms with E-state index in [-0.39, 0.29) is 13.2 Å². The Morgan fingerprint density at radius 3 is 1.79 bits per heavy atom. The summed E-state index contributed by atoms with van der Waals surface area (Å²) in [5, 5.41) is 17.7. The number of aliphatic hydroxyl groups excluding tert-OH is 2. The van der Waals surface area contributed by atoms with Crippen molar-refractivity contribution in [1.29, 1.82) is 0 Å². The highest BCUT2D eigenvalue weighted by atomic mass is 16.5. The van der Waals surface area contributed by atoms with Crippen LogP contribution in [0, 0.1) is 5.92 Å². The number of allylic oxidation sites excluding steroid dienone is 1. The molecule has 0 aliphatic carbocycles. The summed E-state index contributed by atoms with van der Waals surface area (Å²) in [6.45, 7) is 4.56. The lowest BCUT2D eigenvalue weighted by molar-refractivity contribution is 0.0383. The van der Waals surface area contributed by atoms with E-state index >= 15 is 0 Å². The van der Waals surface area contributed by atoms with Gasteiger partial charge >= 0.3 is 0 Å². The van der Waals surface area contributed by atoms with Crippen LogP contribution in [0.3, 0.4) is 0 Å². The molecule has 1 atom stereocenters. The smallest absolute Gasteiger partial charge is 0.115 e. The summed E-state index contributed by atoms with van der Waals surface area (Å²) in [7, 11) is 0. The molecule has 0 rings (SSSR count). The Bertz CT molecular complexity index is 264. The molecule has 0 saturated carbocycles. The molecule has 0 aromatic carbocycles. The molecular weight excluding hydrogens is 300 g/mol. The van der Waals surface area contributed by atoms with Crippen molar-refractivity contribution in [2.24, 2.45) is 5.92 Å². The van der Waals surface area contributed by atoms with Crippen LogP contribution in [0.5, 0.6) is 0 Å². The molecule has 2 N–H and O–H groups in total. The minimum absolute atomic E-state index is 0.171. The Labute approximate surface area is 150 Å². The van der Waals surface area contributed by atoms with Gasteiger partial charge in [-0.25, -0.2) is 0 Å². The third kappa shape index (κ3) is 19.5. The Balaban J connectivity index is 3.08. The van der Waals surface area contributed by atoms with E-state index in [0.717, 1.165) is 12.3 Å². The first-order chi connectivity index (χ1) is 11.7. The van der Waals surface area contributed by atoms with Gasteiger partial charge in [0.2, 0.25) is 0 Å². The molecule has 0 saturated heterocycles. The van der Waals surface area contributed by atoms with Gasteiger partial charge in [-0.3, -0.25) is 0 Å². The Morgan fingerprint density at radius 2 is 1.29 bits per heavy atom. The summed E-state index contributed by atoms with van der Waals surface area (Å²) >= 11 is 0. The lowest BCUT2D eigenvalue weighted by atomic mass is 10.0. The quantitative estimate of drug-likeness (QED) is 0.252. The van der Waals surface area contributed by atoms with Crippen molar-refractivity contribution in [3.05, 3.63) is 12.3 Å². The first-order valence-corrected chi connectivity index (χ1v) is 10.2. The summed E-state index contributed by atoms with van der Waals surface area (Å²) in [6.07, 6.45) is 20.4. The van der Waals surface area contributed by atoms with Gasteiger partial charge < -0.3 is 14.9 Å². The molecule has 3 nitrogen and oxygen atoms in total. The zero-order chi connectivity index (χ0) is 17.9. The largest absolute Gasteiger partial charge is 0.499 e. The number of rotatable bonds is 18. The normalized spacial score (nSPS) is 13.0. The van der Waals surface area contributed by atoms with Crippen LogP contribution < -0.4 is 0 Å². The van der Waals surface area contributed by atoms with E-state index in [0.29, 0.717) is 0 Å². The second-order valence-electron chi connectivity index (χ2n) is 7.40. The van der Waals surface area contributed by atoms with Gasteiger partial charge in [-0.15, -0.1) is 0 Å². The maximum Gasteiger partial charge on any atom is 0.115 e. The third-order valence-corrected chi connectivity index (χ3v) is 4.34. The summed E-state index contributed by atoms with van der Waals surface area (Å²) in [5.74, 6) is 0.868. The highest BCUT2D eigenvalue weighted by Gasteiger charge is 1.99. The first-order valence-electron chi connectivity index (χ1n) is 10.2. The fourth-order valence-corrected chi connectivity index (χ4v) is 2.76. The summed E-state index contributed by atoms with van der Waals surface area (Å²) in [6, 6.07) is 0. The molecule has 0 bridgehead atoms. The number of ether oxygens (including phenoxy) is 1. The predicted octanol–water partition coefficient (Wildman–Crippen LogP) is 5.60. The predicted molar refractivity (Wildman–Crippen MR) is 103 cm³/mol. The van der Waals surface area contributed by atoms with E-state index in [1.54, 1.807) is 6.26 Å². The second-order valence-corrected chi connectivity index (χ2v) is 7.40. The Kier molecular flexibility index (Phi) is 18.4. The summed E-state index contributed by atoms with van der Waals surface area (Å²) in [4.78, 5) is 0. The third-order valence-electron chi connectivity index (χ3n) is 4.34. The van der Waals surface area contributed by atoms with Crippen LogP contribution in [0.2, 0.25) is 0 Å². The van der Waals surface area contributed by atoms with Crippen molar-refractivity contribution in [2.75, 3.05) is 13.2 Å². The lowest BCUT2D eigenvalue weighted by Crippen LogP contribution is -2.17. The average molecular weight is 343 g/mol. The fourth-order valence-electron chi connectivity index (χ4n) is 2.76. The molecule has 0 unspecified atom stereocenters. The zero-order valence-electron chi connectivity index (χ0n) is 16.2. The molecule has 0 fully saturated rings. The number of aliphatic hydroxyl groups is 2. The van der Waals surface area contributed by atoms with Crippen LogP contribution in [0.1, 0.15) is 97.3 Å². The van der Waals surface area contributed by atoms with Crippen molar-refractivity contribution in [3.8, 4) is 0 Å². The van der Waals surface area contributed by atoms with Gasteiger partial charge in [-0.2, -0.15) is 0 Å². The van der Waals surface area contributed by atoms with Crippen molar-refractivity contribution >= 4 is 0 Å². The molecule has 24 heavy (non-hydrogen) atoms.